The third-order valence-corrected chi connectivity index (χ3v) is 4.02. The summed E-state index contributed by atoms with van der Waals surface area (Å²) < 4.78 is 0.732. The van der Waals surface area contributed by atoms with Gasteiger partial charge in [0.2, 0.25) is 5.91 Å². The van der Waals surface area contributed by atoms with Gasteiger partial charge in [0.1, 0.15) is 0 Å². The molecule has 1 aliphatic heterocycles. The van der Waals surface area contributed by atoms with E-state index in [9.17, 15) is 9.90 Å². The molecule has 1 aromatic rings. The van der Waals surface area contributed by atoms with Crippen LogP contribution in [0.3, 0.4) is 0 Å². The fourth-order valence-electron chi connectivity index (χ4n) is 1.92. The first-order valence-electron chi connectivity index (χ1n) is 5.47. The third kappa shape index (κ3) is 3.83. The monoisotopic (exact) mass is 310 g/mol. The maximum absolute atomic E-state index is 12.0. The minimum atomic E-state index is -0.409. The second kappa shape index (κ2) is 6.73. The van der Waals surface area contributed by atoms with Gasteiger partial charge in [-0.05, 0) is 18.6 Å². The van der Waals surface area contributed by atoms with E-state index in [0.29, 0.717) is 19.5 Å². The van der Waals surface area contributed by atoms with Crippen LogP contribution in [-0.2, 0) is 11.3 Å². The fraction of sp³-hybridized carbons (Fsp3) is 0.545. The Morgan fingerprint density at radius 2 is 2.39 bits per heavy atom. The van der Waals surface area contributed by atoms with Crippen LogP contribution in [0, 0.1) is 0 Å². The van der Waals surface area contributed by atoms with E-state index in [1.165, 1.54) is 11.3 Å². The van der Waals surface area contributed by atoms with Crippen molar-refractivity contribution in [3.05, 3.63) is 21.3 Å². The van der Waals surface area contributed by atoms with Gasteiger partial charge in [0.05, 0.1) is 23.0 Å². The molecule has 0 saturated carbocycles. The van der Waals surface area contributed by atoms with Crippen LogP contribution < -0.4 is 5.32 Å². The van der Waals surface area contributed by atoms with Crippen molar-refractivity contribution in [3.8, 4) is 0 Å². The van der Waals surface area contributed by atoms with E-state index in [1.54, 1.807) is 11.9 Å². The van der Waals surface area contributed by atoms with Crippen molar-refractivity contribution in [2.45, 2.75) is 25.1 Å². The zero-order chi connectivity index (χ0) is 12.4. The van der Waals surface area contributed by atoms with Crippen molar-refractivity contribution in [3.63, 3.8) is 0 Å². The lowest BCUT2D eigenvalue weighted by Gasteiger charge is -2.20. The van der Waals surface area contributed by atoms with Gasteiger partial charge in [-0.2, -0.15) is 0 Å². The van der Waals surface area contributed by atoms with Crippen LogP contribution in [-0.4, -0.2) is 41.7 Å². The molecule has 0 aromatic carbocycles. The largest absolute Gasteiger partial charge is 0.392 e. The molecular formula is C11H16Cl2N2O2S. The van der Waals surface area contributed by atoms with Crippen LogP contribution in [0.4, 0.5) is 0 Å². The Balaban J connectivity index is 0.00000162. The lowest BCUT2D eigenvalue weighted by molar-refractivity contribution is -0.132. The summed E-state index contributed by atoms with van der Waals surface area (Å²) in [7, 11) is 1.77. The SMILES string of the molecule is CN(Cc1ccc(Cl)s1)C(=O)C1CC(O)CN1.Cl. The summed E-state index contributed by atoms with van der Waals surface area (Å²) in [6.45, 7) is 1.06. The minimum absolute atomic E-state index is 0. The Bertz CT molecular complexity index is 414. The predicted molar refractivity (Wildman–Crippen MR) is 75.5 cm³/mol. The molecule has 2 unspecified atom stereocenters. The van der Waals surface area contributed by atoms with Crippen LogP contribution in [0.2, 0.25) is 4.34 Å². The minimum Gasteiger partial charge on any atom is -0.392 e. The summed E-state index contributed by atoms with van der Waals surface area (Å²) >= 11 is 7.32. The van der Waals surface area contributed by atoms with E-state index >= 15 is 0 Å². The number of halogens is 2. The van der Waals surface area contributed by atoms with Gasteiger partial charge in [-0.15, -0.1) is 23.7 Å². The second-order valence-electron chi connectivity index (χ2n) is 4.25. The van der Waals surface area contributed by atoms with E-state index in [2.05, 4.69) is 5.32 Å². The van der Waals surface area contributed by atoms with Gasteiger partial charge < -0.3 is 15.3 Å². The zero-order valence-electron chi connectivity index (χ0n) is 9.93. The number of carbonyl (C=O) groups excluding carboxylic acids is 1. The van der Waals surface area contributed by atoms with Gasteiger partial charge in [-0.3, -0.25) is 4.79 Å². The third-order valence-electron chi connectivity index (χ3n) is 2.80. The fourth-order valence-corrected chi connectivity index (χ4v) is 3.06. The van der Waals surface area contributed by atoms with Crippen LogP contribution in [0.5, 0.6) is 0 Å². The number of nitrogens with zero attached hydrogens (tertiary/aromatic N) is 1. The quantitative estimate of drug-likeness (QED) is 0.889. The Kier molecular flexibility index (Phi) is 5.88. The number of carbonyl (C=O) groups is 1. The molecule has 0 aliphatic carbocycles. The summed E-state index contributed by atoms with van der Waals surface area (Å²) in [5.41, 5.74) is 0. The Morgan fingerprint density at radius 3 is 2.89 bits per heavy atom. The highest BCUT2D eigenvalue weighted by molar-refractivity contribution is 7.16. The number of likely N-dealkylation sites (N-methyl/N-ethyl adjacent to an activating group) is 1. The predicted octanol–water partition coefficient (Wildman–Crippen LogP) is 1.50. The molecule has 7 heteroatoms. The molecule has 2 heterocycles. The molecule has 1 fully saturated rings. The van der Waals surface area contributed by atoms with Gasteiger partial charge in [-0.1, -0.05) is 11.6 Å². The Morgan fingerprint density at radius 1 is 1.67 bits per heavy atom. The first-order chi connectivity index (χ1) is 8.06. The Labute approximate surface area is 121 Å². The molecule has 2 rings (SSSR count). The maximum Gasteiger partial charge on any atom is 0.239 e. The summed E-state index contributed by atoms with van der Waals surface area (Å²) in [5.74, 6) is 0.0195. The number of rotatable bonds is 3. The number of thiophene rings is 1. The molecule has 1 saturated heterocycles. The molecule has 0 bridgehead atoms. The number of aliphatic hydroxyl groups excluding tert-OH is 1. The lowest BCUT2D eigenvalue weighted by Crippen LogP contribution is -2.41. The molecule has 1 aliphatic rings. The van der Waals surface area contributed by atoms with Crippen LogP contribution in [0.1, 0.15) is 11.3 Å². The first kappa shape index (κ1) is 15.7. The van der Waals surface area contributed by atoms with Crippen molar-refractivity contribution in [2.75, 3.05) is 13.6 Å². The van der Waals surface area contributed by atoms with Gasteiger partial charge >= 0.3 is 0 Å². The summed E-state index contributed by atoms with van der Waals surface area (Å²) in [6.07, 6.45) is 0.0856. The highest BCUT2D eigenvalue weighted by atomic mass is 35.5. The molecule has 4 nitrogen and oxygen atoms in total. The van der Waals surface area contributed by atoms with E-state index in [1.807, 2.05) is 12.1 Å². The highest BCUT2D eigenvalue weighted by Crippen LogP contribution is 2.22. The summed E-state index contributed by atoms with van der Waals surface area (Å²) in [4.78, 5) is 14.8. The number of nitrogens with one attached hydrogen (secondary N) is 1. The van der Waals surface area contributed by atoms with Crippen molar-refractivity contribution in [1.82, 2.24) is 10.2 Å². The van der Waals surface area contributed by atoms with Crippen LogP contribution in [0.15, 0.2) is 12.1 Å². The van der Waals surface area contributed by atoms with Crippen LogP contribution >= 0.6 is 35.3 Å². The van der Waals surface area contributed by atoms with Gasteiger partial charge in [0, 0.05) is 18.5 Å². The van der Waals surface area contributed by atoms with Gasteiger partial charge in [0.15, 0.2) is 0 Å². The first-order valence-corrected chi connectivity index (χ1v) is 6.66. The second-order valence-corrected chi connectivity index (χ2v) is 6.05. The van der Waals surface area contributed by atoms with E-state index in [-0.39, 0.29) is 24.4 Å². The normalized spacial score (nSPS) is 22.6. The summed E-state index contributed by atoms with van der Waals surface area (Å²) in [6, 6.07) is 3.50. The molecule has 0 radical (unpaired) electrons. The molecule has 2 atom stereocenters. The summed E-state index contributed by atoms with van der Waals surface area (Å²) in [5, 5.41) is 12.4. The molecule has 1 aromatic heterocycles. The molecule has 18 heavy (non-hydrogen) atoms. The number of β-amino-alcohol motifs (C(OH)–C–C–N with tert-alkyl or cyclic N) is 1. The molecule has 102 valence electrons. The number of amides is 1. The molecule has 0 spiro atoms. The number of aliphatic hydroxyl groups is 1. The van der Waals surface area contributed by atoms with Crippen molar-refractivity contribution in [2.24, 2.45) is 0 Å². The average molecular weight is 311 g/mol. The van der Waals surface area contributed by atoms with Crippen molar-refractivity contribution >= 4 is 41.3 Å². The van der Waals surface area contributed by atoms with Gasteiger partial charge in [0.25, 0.3) is 0 Å². The standard InChI is InChI=1S/C11H15ClN2O2S.ClH/c1-14(6-8-2-3-10(12)17-8)11(16)9-4-7(15)5-13-9;/h2-3,7,9,13,15H,4-6H2,1H3;1H. The topological polar surface area (TPSA) is 52.6 Å². The molecular weight excluding hydrogens is 295 g/mol. The van der Waals surface area contributed by atoms with E-state index in [0.717, 1.165) is 9.21 Å². The Hall–Kier alpha value is -0.330. The molecule has 2 N–H and O–H groups in total. The van der Waals surface area contributed by atoms with Crippen molar-refractivity contribution < 1.29 is 9.90 Å². The number of hydrogen-bond donors (Lipinski definition) is 2. The van der Waals surface area contributed by atoms with Crippen LogP contribution in [0.25, 0.3) is 0 Å². The zero-order valence-corrected chi connectivity index (χ0v) is 12.3. The maximum atomic E-state index is 12.0. The number of hydrogen-bond acceptors (Lipinski definition) is 4. The molecule has 1 amide bonds. The highest BCUT2D eigenvalue weighted by Gasteiger charge is 2.30. The van der Waals surface area contributed by atoms with Gasteiger partial charge in [-0.25, -0.2) is 0 Å². The van der Waals surface area contributed by atoms with E-state index in [4.69, 9.17) is 11.6 Å². The van der Waals surface area contributed by atoms with Crippen molar-refractivity contribution in [1.29, 1.82) is 0 Å². The smallest absolute Gasteiger partial charge is 0.239 e. The van der Waals surface area contributed by atoms with E-state index < -0.39 is 6.10 Å². The lowest BCUT2D eigenvalue weighted by atomic mass is 10.2. The average Bonchev–Trinajstić information content (AvgIpc) is 2.87.